The molecule has 0 aromatic heterocycles. The van der Waals surface area contributed by atoms with Gasteiger partial charge in [-0.1, -0.05) is 54.6 Å². The maximum atomic E-state index is 12.4. The number of benzene rings is 2. The van der Waals surface area contributed by atoms with Gasteiger partial charge in [0.15, 0.2) is 0 Å². The Kier molecular flexibility index (Phi) is 7.36. The molecule has 1 heterocycles. The summed E-state index contributed by atoms with van der Waals surface area (Å²) in [7, 11) is -2.01. The minimum Gasteiger partial charge on any atom is -0.340 e. The highest BCUT2D eigenvalue weighted by Crippen LogP contribution is 2.10. The Labute approximate surface area is 177 Å². The van der Waals surface area contributed by atoms with E-state index in [1.165, 1.54) is 12.1 Å². The van der Waals surface area contributed by atoms with Crippen LogP contribution in [0.1, 0.15) is 21.5 Å². The van der Waals surface area contributed by atoms with Gasteiger partial charge in [0.05, 0.1) is 6.42 Å². The number of hydrogen-bond donors (Lipinski definition) is 1. The van der Waals surface area contributed by atoms with Crippen LogP contribution in [-0.4, -0.2) is 69.0 Å². The molecule has 0 radical (unpaired) electrons. The van der Waals surface area contributed by atoms with Crippen molar-refractivity contribution in [3.63, 3.8) is 0 Å². The highest BCUT2D eigenvalue weighted by atomic mass is 32.2. The van der Waals surface area contributed by atoms with Crippen molar-refractivity contribution in [3.8, 4) is 0 Å². The lowest BCUT2D eigenvalue weighted by Gasteiger charge is -2.32. The molecule has 2 aromatic carbocycles. The smallest absolute Gasteiger partial charge is 0.291 e. The topological polar surface area (TPSA) is 86.8 Å². The maximum Gasteiger partial charge on any atom is 0.291 e. The molecule has 0 unspecified atom stereocenters. The average Bonchev–Trinajstić information content (AvgIpc) is 2.75. The first kappa shape index (κ1) is 22.1. The van der Waals surface area contributed by atoms with Crippen LogP contribution in [-0.2, 0) is 27.7 Å². The van der Waals surface area contributed by atoms with Gasteiger partial charge in [0.2, 0.25) is 5.91 Å². The van der Waals surface area contributed by atoms with E-state index in [1.54, 1.807) is 18.2 Å². The first-order chi connectivity index (χ1) is 14.3. The number of amides is 1. The monoisotopic (exact) mass is 429 g/mol. The van der Waals surface area contributed by atoms with Gasteiger partial charge in [0.25, 0.3) is 15.1 Å². The normalized spacial score (nSPS) is 15.2. The van der Waals surface area contributed by atoms with Crippen molar-refractivity contribution in [2.45, 2.75) is 12.8 Å². The van der Waals surface area contributed by atoms with Crippen molar-refractivity contribution in [1.82, 2.24) is 14.5 Å². The third kappa shape index (κ3) is 5.98. The molecule has 30 heavy (non-hydrogen) atoms. The molecule has 7 nitrogen and oxygen atoms in total. The van der Waals surface area contributed by atoms with Crippen LogP contribution in [0.15, 0.2) is 54.6 Å². The lowest BCUT2D eigenvalue weighted by atomic mass is 10.1. The summed E-state index contributed by atoms with van der Waals surface area (Å²) in [6.45, 7) is 3.44. The highest BCUT2D eigenvalue weighted by molar-refractivity contribution is 8.04. The summed E-state index contributed by atoms with van der Waals surface area (Å²) in [6.07, 6.45) is 0.816. The van der Waals surface area contributed by atoms with Gasteiger partial charge in [-0.2, -0.15) is 0 Å². The molecular formula is C22H27N3O4S. The van der Waals surface area contributed by atoms with Crippen molar-refractivity contribution in [3.05, 3.63) is 71.3 Å². The van der Waals surface area contributed by atoms with Gasteiger partial charge in [-0.05, 0) is 24.6 Å². The molecule has 160 valence electrons. The molecule has 1 aliphatic rings. The van der Waals surface area contributed by atoms with Gasteiger partial charge in [0, 0.05) is 38.3 Å². The molecule has 0 aliphatic carbocycles. The molecule has 1 fully saturated rings. The molecule has 0 spiro atoms. The third-order valence-corrected chi connectivity index (χ3v) is 6.50. The first-order valence-electron chi connectivity index (χ1n) is 9.98. The van der Waals surface area contributed by atoms with Gasteiger partial charge < -0.3 is 9.80 Å². The Balaban J connectivity index is 1.47. The molecule has 1 saturated heterocycles. The van der Waals surface area contributed by atoms with E-state index in [2.05, 4.69) is 16.7 Å². The summed E-state index contributed by atoms with van der Waals surface area (Å²) in [4.78, 5) is 28.6. The number of piperazine rings is 1. The number of carbonyl (C=O) groups excluding carboxylic acids is 2. The van der Waals surface area contributed by atoms with Crippen molar-refractivity contribution in [1.29, 1.82) is 0 Å². The Bertz CT molecular complexity index is 967. The second kappa shape index (κ2) is 9.97. The zero-order valence-electron chi connectivity index (χ0n) is 17.1. The number of likely N-dealkylation sites (N-methyl/N-ethyl adjacent to an activating group) is 1. The van der Waals surface area contributed by atoms with Crippen LogP contribution in [0.25, 0.3) is 0 Å². The van der Waals surface area contributed by atoms with Crippen molar-refractivity contribution in [2.75, 3.05) is 39.8 Å². The number of nitrogens with one attached hydrogen (secondary N) is 1. The van der Waals surface area contributed by atoms with Crippen molar-refractivity contribution >= 4 is 21.0 Å². The fourth-order valence-corrected chi connectivity index (χ4v) is 4.24. The number of hydrogen-bond acceptors (Lipinski definition) is 5. The van der Waals surface area contributed by atoms with E-state index < -0.39 is 15.1 Å². The second-order valence-electron chi connectivity index (χ2n) is 7.48. The SMILES string of the molecule is CN1CCN(C(=O)Cc2ccc(CCNS(=O)(=O)C(=O)c3ccccc3)cc2)CC1. The van der Waals surface area contributed by atoms with Gasteiger partial charge in [-0.15, -0.1) is 0 Å². The molecule has 0 saturated carbocycles. The zero-order chi connectivity index (χ0) is 21.6. The molecule has 1 N–H and O–H groups in total. The van der Waals surface area contributed by atoms with Gasteiger partial charge in [0.1, 0.15) is 0 Å². The summed E-state index contributed by atoms with van der Waals surface area (Å²) in [5, 5.41) is -0.930. The number of sulfonamides is 1. The predicted molar refractivity (Wildman–Crippen MR) is 116 cm³/mol. The Morgan fingerprint density at radius 3 is 2.13 bits per heavy atom. The first-order valence-corrected chi connectivity index (χ1v) is 11.5. The molecule has 1 amide bonds. The lowest BCUT2D eigenvalue weighted by molar-refractivity contribution is -0.132. The van der Waals surface area contributed by atoms with Crippen molar-refractivity contribution < 1.29 is 18.0 Å². The van der Waals surface area contributed by atoms with E-state index in [1.807, 2.05) is 29.2 Å². The summed E-state index contributed by atoms with van der Waals surface area (Å²) in [5.41, 5.74) is 2.00. The second-order valence-corrected chi connectivity index (χ2v) is 9.14. The van der Waals surface area contributed by atoms with Gasteiger partial charge >= 0.3 is 0 Å². The number of rotatable bonds is 7. The number of nitrogens with zero attached hydrogens (tertiary/aromatic N) is 2. The maximum absolute atomic E-state index is 12.4. The Morgan fingerprint density at radius 2 is 1.50 bits per heavy atom. The Hall–Kier alpha value is -2.55. The summed E-state index contributed by atoms with van der Waals surface area (Å²) in [5.74, 6) is 0.128. The van der Waals surface area contributed by atoms with Crippen LogP contribution in [0.2, 0.25) is 0 Å². The fraction of sp³-hybridized carbons (Fsp3) is 0.364. The molecule has 0 bridgehead atoms. The van der Waals surface area contributed by atoms with Crippen molar-refractivity contribution in [2.24, 2.45) is 0 Å². The average molecular weight is 430 g/mol. The molecule has 3 rings (SSSR count). The van der Waals surface area contributed by atoms with Gasteiger partial charge in [-0.3, -0.25) is 9.59 Å². The largest absolute Gasteiger partial charge is 0.340 e. The minimum atomic E-state index is -4.07. The van der Waals surface area contributed by atoms with Crippen LogP contribution >= 0.6 is 0 Å². The van der Waals surface area contributed by atoms with E-state index in [-0.39, 0.29) is 18.0 Å². The van der Waals surface area contributed by atoms with Crippen LogP contribution in [0, 0.1) is 0 Å². The molecule has 0 atom stereocenters. The van der Waals surface area contributed by atoms with Crippen LogP contribution < -0.4 is 4.72 Å². The lowest BCUT2D eigenvalue weighted by Crippen LogP contribution is -2.47. The highest BCUT2D eigenvalue weighted by Gasteiger charge is 2.23. The molecular weight excluding hydrogens is 402 g/mol. The zero-order valence-corrected chi connectivity index (χ0v) is 17.9. The van der Waals surface area contributed by atoms with Crippen LogP contribution in [0.4, 0.5) is 0 Å². The summed E-state index contributed by atoms with van der Waals surface area (Å²) in [6, 6.07) is 15.5. The molecule has 1 aliphatic heterocycles. The van der Waals surface area contributed by atoms with Gasteiger partial charge in [-0.25, -0.2) is 13.1 Å². The van der Waals surface area contributed by atoms with E-state index in [0.29, 0.717) is 12.8 Å². The quantitative estimate of drug-likeness (QED) is 0.717. The molecule has 8 heteroatoms. The summed E-state index contributed by atoms with van der Waals surface area (Å²) < 4.78 is 26.7. The van der Waals surface area contributed by atoms with E-state index in [4.69, 9.17) is 0 Å². The van der Waals surface area contributed by atoms with Crippen LogP contribution in [0.5, 0.6) is 0 Å². The molecule has 2 aromatic rings. The minimum absolute atomic E-state index is 0.125. The van der Waals surface area contributed by atoms with E-state index >= 15 is 0 Å². The predicted octanol–water partition coefficient (Wildman–Crippen LogP) is 1.31. The van der Waals surface area contributed by atoms with E-state index in [9.17, 15) is 18.0 Å². The third-order valence-electron chi connectivity index (χ3n) is 5.19. The Morgan fingerprint density at radius 1 is 0.900 bits per heavy atom. The summed E-state index contributed by atoms with van der Waals surface area (Å²) >= 11 is 0. The fourth-order valence-electron chi connectivity index (χ4n) is 3.29. The number of carbonyl (C=O) groups is 2. The standard InChI is InChI=1S/C22H27N3O4S/c1-24-13-15-25(16-14-24)21(26)17-19-9-7-18(8-10-19)11-12-23-30(28,29)22(27)20-5-3-2-4-6-20/h2-10,23H,11-17H2,1H3. The van der Waals surface area contributed by atoms with E-state index in [0.717, 1.165) is 37.3 Å². The van der Waals surface area contributed by atoms with Crippen LogP contribution in [0.3, 0.4) is 0 Å².